The first-order valence-electron chi connectivity index (χ1n) is 5.18. The van der Waals surface area contributed by atoms with E-state index in [0.29, 0.717) is 32.1 Å². The van der Waals surface area contributed by atoms with E-state index in [1.807, 2.05) is 20.8 Å². The van der Waals surface area contributed by atoms with Gasteiger partial charge in [0.25, 0.3) is 0 Å². The summed E-state index contributed by atoms with van der Waals surface area (Å²) in [5.74, 6) is 0.400. The Bertz CT molecular complexity index is 160. The van der Waals surface area contributed by atoms with E-state index >= 15 is 0 Å². The van der Waals surface area contributed by atoms with Crippen LogP contribution in [0.2, 0.25) is 0 Å². The van der Waals surface area contributed by atoms with Crippen LogP contribution in [0, 0.1) is 5.92 Å². The van der Waals surface area contributed by atoms with Crippen molar-refractivity contribution in [1.29, 1.82) is 0 Å². The first kappa shape index (κ1) is 13.4. The van der Waals surface area contributed by atoms with Crippen LogP contribution in [-0.4, -0.2) is 31.7 Å². The number of nitrogens with one attached hydrogen (secondary N) is 1. The number of hydrogen-bond donors (Lipinski definition) is 2. The Labute approximate surface area is 86.2 Å². The predicted octanol–water partition coefficient (Wildman–Crippen LogP) is 0.513. The van der Waals surface area contributed by atoms with Crippen LogP contribution < -0.4 is 11.1 Å². The number of carbonyl (C=O) groups excluding carboxylic acids is 1. The van der Waals surface area contributed by atoms with Crippen LogP contribution in [0.15, 0.2) is 0 Å². The van der Waals surface area contributed by atoms with E-state index < -0.39 is 0 Å². The molecule has 14 heavy (non-hydrogen) atoms. The van der Waals surface area contributed by atoms with Crippen LogP contribution in [0.25, 0.3) is 0 Å². The highest BCUT2D eigenvalue weighted by Gasteiger charge is 2.08. The minimum absolute atomic E-state index is 0.00884. The summed E-state index contributed by atoms with van der Waals surface area (Å²) in [4.78, 5) is 11.2. The van der Waals surface area contributed by atoms with Gasteiger partial charge in [0, 0.05) is 25.6 Å². The fraction of sp³-hybridized carbons (Fsp3) is 0.900. The highest BCUT2D eigenvalue weighted by atomic mass is 16.5. The predicted molar refractivity (Wildman–Crippen MR) is 56.9 cm³/mol. The second-order valence-corrected chi connectivity index (χ2v) is 3.66. The molecule has 0 bridgehead atoms. The lowest BCUT2D eigenvalue weighted by atomic mass is 10.1. The number of hydrogen-bond acceptors (Lipinski definition) is 3. The van der Waals surface area contributed by atoms with Crippen molar-refractivity contribution in [3.05, 3.63) is 0 Å². The molecule has 0 heterocycles. The van der Waals surface area contributed by atoms with E-state index in [2.05, 4.69) is 5.32 Å². The lowest BCUT2D eigenvalue weighted by Crippen LogP contribution is -2.40. The van der Waals surface area contributed by atoms with Gasteiger partial charge in [0.2, 0.25) is 5.91 Å². The molecule has 3 N–H and O–H groups in total. The molecule has 1 unspecified atom stereocenters. The van der Waals surface area contributed by atoms with Crippen molar-refractivity contribution in [3.63, 3.8) is 0 Å². The summed E-state index contributed by atoms with van der Waals surface area (Å²) in [6.07, 6.45) is 0.415. The van der Waals surface area contributed by atoms with E-state index in [-0.39, 0.29) is 11.9 Å². The molecule has 0 fully saturated rings. The lowest BCUT2D eigenvalue weighted by molar-refractivity contribution is -0.122. The molecule has 0 aromatic heterocycles. The third kappa shape index (κ3) is 6.86. The Hall–Kier alpha value is -0.610. The topological polar surface area (TPSA) is 64.3 Å². The lowest BCUT2D eigenvalue weighted by Gasteiger charge is -2.15. The minimum Gasteiger partial charge on any atom is -0.381 e. The van der Waals surface area contributed by atoms with Crippen LogP contribution in [0.3, 0.4) is 0 Å². The third-order valence-corrected chi connectivity index (χ3v) is 2.07. The second kappa shape index (κ2) is 7.76. The number of nitrogens with two attached hydrogens (primary N) is 1. The molecule has 0 rings (SSSR count). The quantitative estimate of drug-likeness (QED) is 0.591. The molecule has 0 aliphatic carbocycles. The second-order valence-electron chi connectivity index (χ2n) is 3.66. The molecule has 0 aliphatic heterocycles. The Kier molecular flexibility index (Phi) is 7.42. The molecule has 1 amide bonds. The van der Waals surface area contributed by atoms with Crippen molar-refractivity contribution in [3.8, 4) is 0 Å². The molecule has 0 aliphatic rings. The van der Waals surface area contributed by atoms with Crippen LogP contribution in [0.1, 0.15) is 27.2 Å². The molecular formula is C10H22N2O2. The van der Waals surface area contributed by atoms with Crippen molar-refractivity contribution in [2.24, 2.45) is 11.7 Å². The van der Waals surface area contributed by atoms with Gasteiger partial charge in [-0.25, -0.2) is 0 Å². The number of rotatable bonds is 7. The SMILES string of the molecule is CCOCCC(=O)NCC(N)C(C)C. The molecule has 1 atom stereocenters. The fourth-order valence-electron chi connectivity index (χ4n) is 0.865. The van der Waals surface area contributed by atoms with Gasteiger partial charge in [0.15, 0.2) is 0 Å². The van der Waals surface area contributed by atoms with E-state index in [1.54, 1.807) is 0 Å². The standard InChI is InChI=1S/C10H22N2O2/c1-4-14-6-5-10(13)12-7-9(11)8(2)3/h8-9H,4-7,11H2,1-3H3,(H,12,13). The maximum Gasteiger partial charge on any atom is 0.222 e. The highest BCUT2D eigenvalue weighted by molar-refractivity contribution is 5.75. The number of amides is 1. The molecular weight excluding hydrogens is 180 g/mol. The Morgan fingerprint density at radius 2 is 2.14 bits per heavy atom. The third-order valence-electron chi connectivity index (χ3n) is 2.07. The van der Waals surface area contributed by atoms with Crippen molar-refractivity contribution < 1.29 is 9.53 Å². The number of carbonyl (C=O) groups is 1. The summed E-state index contributed by atoms with van der Waals surface area (Å²) in [6.45, 7) is 7.67. The number of ether oxygens (including phenoxy) is 1. The summed E-state index contributed by atoms with van der Waals surface area (Å²) in [5, 5.41) is 2.78. The van der Waals surface area contributed by atoms with Crippen molar-refractivity contribution in [2.45, 2.75) is 33.2 Å². The van der Waals surface area contributed by atoms with Crippen molar-refractivity contribution in [1.82, 2.24) is 5.32 Å². The molecule has 0 radical (unpaired) electrons. The van der Waals surface area contributed by atoms with Gasteiger partial charge < -0.3 is 15.8 Å². The van der Waals surface area contributed by atoms with E-state index in [4.69, 9.17) is 10.5 Å². The van der Waals surface area contributed by atoms with Gasteiger partial charge in [0.1, 0.15) is 0 Å². The average molecular weight is 202 g/mol. The molecule has 0 saturated carbocycles. The average Bonchev–Trinajstić information content (AvgIpc) is 2.14. The first-order valence-corrected chi connectivity index (χ1v) is 5.18. The summed E-state index contributed by atoms with van der Waals surface area (Å²) >= 11 is 0. The van der Waals surface area contributed by atoms with Gasteiger partial charge in [0.05, 0.1) is 6.61 Å². The summed E-state index contributed by atoms with van der Waals surface area (Å²) < 4.78 is 5.07. The fourth-order valence-corrected chi connectivity index (χ4v) is 0.865. The largest absolute Gasteiger partial charge is 0.381 e. The normalized spacial score (nSPS) is 12.9. The zero-order valence-corrected chi connectivity index (χ0v) is 9.38. The Morgan fingerprint density at radius 3 is 2.64 bits per heavy atom. The van der Waals surface area contributed by atoms with E-state index in [0.717, 1.165) is 0 Å². The van der Waals surface area contributed by atoms with Crippen LogP contribution >= 0.6 is 0 Å². The summed E-state index contributed by atoms with van der Waals surface area (Å²) in [7, 11) is 0. The molecule has 0 aromatic carbocycles. The van der Waals surface area contributed by atoms with Crippen molar-refractivity contribution in [2.75, 3.05) is 19.8 Å². The molecule has 84 valence electrons. The maximum atomic E-state index is 11.2. The van der Waals surface area contributed by atoms with Crippen LogP contribution in [0.4, 0.5) is 0 Å². The monoisotopic (exact) mass is 202 g/mol. The Morgan fingerprint density at radius 1 is 1.50 bits per heavy atom. The van der Waals surface area contributed by atoms with Gasteiger partial charge >= 0.3 is 0 Å². The first-order chi connectivity index (χ1) is 6.57. The molecule has 0 saturated heterocycles. The molecule has 4 nitrogen and oxygen atoms in total. The van der Waals surface area contributed by atoms with Gasteiger partial charge in [-0.2, -0.15) is 0 Å². The zero-order chi connectivity index (χ0) is 11.0. The van der Waals surface area contributed by atoms with Gasteiger partial charge in [-0.1, -0.05) is 13.8 Å². The zero-order valence-electron chi connectivity index (χ0n) is 9.38. The molecule has 0 aromatic rings. The van der Waals surface area contributed by atoms with Crippen molar-refractivity contribution >= 4 is 5.91 Å². The molecule has 0 spiro atoms. The highest BCUT2D eigenvalue weighted by Crippen LogP contribution is 1.96. The van der Waals surface area contributed by atoms with Gasteiger partial charge in [-0.3, -0.25) is 4.79 Å². The van der Waals surface area contributed by atoms with Crippen LogP contribution in [0.5, 0.6) is 0 Å². The van der Waals surface area contributed by atoms with E-state index in [9.17, 15) is 4.79 Å². The summed E-state index contributed by atoms with van der Waals surface area (Å²) in [6, 6.07) is 0.0334. The maximum absolute atomic E-state index is 11.2. The smallest absolute Gasteiger partial charge is 0.222 e. The van der Waals surface area contributed by atoms with E-state index in [1.165, 1.54) is 0 Å². The van der Waals surface area contributed by atoms with Crippen LogP contribution in [-0.2, 0) is 9.53 Å². The minimum atomic E-state index is 0.00884. The molecule has 4 heteroatoms. The Balaban J connectivity index is 3.44. The van der Waals surface area contributed by atoms with Gasteiger partial charge in [-0.15, -0.1) is 0 Å². The van der Waals surface area contributed by atoms with Gasteiger partial charge in [-0.05, 0) is 12.8 Å². The summed E-state index contributed by atoms with van der Waals surface area (Å²) in [5.41, 5.74) is 5.77.